The molecule has 1 saturated heterocycles. The topological polar surface area (TPSA) is 66.4 Å². The van der Waals surface area contributed by atoms with Crippen LogP contribution in [0.4, 0.5) is 0 Å². The summed E-state index contributed by atoms with van der Waals surface area (Å²) < 4.78 is 31.7. The first-order valence-corrected chi connectivity index (χ1v) is 12.7. The van der Waals surface area contributed by atoms with Gasteiger partial charge in [0.25, 0.3) is 0 Å². The van der Waals surface area contributed by atoms with E-state index in [1.807, 2.05) is 97.9 Å². The van der Waals surface area contributed by atoms with Crippen LogP contribution in [0, 0.1) is 0 Å². The molecule has 6 nitrogen and oxygen atoms in total. The third-order valence-corrected chi connectivity index (χ3v) is 6.31. The van der Waals surface area contributed by atoms with Crippen molar-refractivity contribution in [3.63, 3.8) is 0 Å². The van der Waals surface area contributed by atoms with Crippen molar-refractivity contribution in [3.05, 3.63) is 120 Å². The molecule has 196 valence electrons. The zero-order chi connectivity index (χ0) is 25.9. The summed E-state index contributed by atoms with van der Waals surface area (Å²) in [6.07, 6.45) is -1.81. The maximum atomic E-state index is 10.3. The largest absolute Gasteiger partial charge is 0.394 e. The fraction of sp³-hybridized carbons (Fsp3) is 0.355. The molecule has 0 unspecified atom stereocenters. The van der Waals surface area contributed by atoms with Crippen LogP contribution < -0.4 is 0 Å². The summed E-state index contributed by atoms with van der Waals surface area (Å²) in [6.45, 7) is 6.50. The van der Waals surface area contributed by atoms with Gasteiger partial charge in [0.2, 0.25) is 0 Å². The summed E-state index contributed by atoms with van der Waals surface area (Å²) in [4.78, 5) is 0. The molecule has 0 spiro atoms. The number of hydrogen-bond donors (Lipinski definition) is 1. The maximum absolute atomic E-state index is 10.3. The van der Waals surface area contributed by atoms with Crippen LogP contribution in [-0.2, 0) is 43.5 Å². The molecule has 4 rings (SSSR count). The monoisotopic (exact) mass is 504 g/mol. The molecule has 6 heteroatoms. The van der Waals surface area contributed by atoms with Gasteiger partial charge in [0, 0.05) is 0 Å². The molecule has 0 radical (unpaired) electrons. The maximum Gasteiger partial charge on any atom is 0.187 e. The number of aliphatic hydroxyl groups is 1. The van der Waals surface area contributed by atoms with Crippen LogP contribution in [0.25, 0.3) is 0 Å². The molecule has 37 heavy (non-hydrogen) atoms. The lowest BCUT2D eigenvalue weighted by Gasteiger charge is -2.46. The average Bonchev–Trinajstić information content (AvgIpc) is 2.95. The predicted octanol–water partition coefficient (Wildman–Crippen LogP) is 5.05. The van der Waals surface area contributed by atoms with Gasteiger partial charge in [-0.05, 0) is 23.6 Å². The normalized spacial score (nSPS) is 24.4. The van der Waals surface area contributed by atoms with E-state index in [1.165, 1.54) is 0 Å². The SMILES string of the molecule is C=C[C@H](C)O[C@@H]1O[C@H](CO)[C@@H](OCc2ccccc2)[C@H](OCc2ccccc2)[C@H]1OCc1ccccc1. The van der Waals surface area contributed by atoms with Crippen LogP contribution >= 0.6 is 0 Å². The second-order valence-corrected chi connectivity index (χ2v) is 9.09. The van der Waals surface area contributed by atoms with Crippen molar-refractivity contribution >= 4 is 0 Å². The summed E-state index contributed by atoms with van der Waals surface area (Å²) >= 11 is 0. The van der Waals surface area contributed by atoms with Gasteiger partial charge in [-0.25, -0.2) is 0 Å². The van der Waals surface area contributed by atoms with Crippen molar-refractivity contribution in [2.75, 3.05) is 6.61 Å². The van der Waals surface area contributed by atoms with Crippen molar-refractivity contribution in [1.82, 2.24) is 0 Å². The first-order valence-electron chi connectivity index (χ1n) is 12.7. The zero-order valence-electron chi connectivity index (χ0n) is 21.2. The van der Waals surface area contributed by atoms with Crippen molar-refractivity contribution in [1.29, 1.82) is 0 Å². The van der Waals surface area contributed by atoms with Crippen molar-refractivity contribution in [2.45, 2.75) is 63.6 Å². The lowest BCUT2D eigenvalue weighted by molar-refractivity contribution is -0.330. The predicted molar refractivity (Wildman–Crippen MR) is 142 cm³/mol. The van der Waals surface area contributed by atoms with Gasteiger partial charge in [0.1, 0.15) is 24.4 Å². The van der Waals surface area contributed by atoms with Gasteiger partial charge in [-0.15, -0.1) is 6.58 Å². The average molecular weight is 505 g/mol. The summed E-state index contributed by atoms with van der Waals surface area (Å²) in [7, 11) is 0. The zero-order valence-corrected chi connectivity index (χ0v) is 21.2. The molecule has 0 saturated carbocycles. The first kappa shape index (κ1) is 27.2. The molecular formula is C31H36O6. The molecule has 1 N–H and O–H groups in total. The number of rotatable bonds is 13. The Morgan fingerprint density at radius 1 is 0.730 bits per heavy atom. The van der Waals surface area contributed by atoms with E-state index in [9.17, 15) is 5.11 Å². The van der Waals surface area contributed by atoms with Crippen LogP contribution in [0.3, 0.4) is 0 Å². The lowest BCUT2D eigenvalue weighted by Crippen LogP contribution is -2.62. The number of ether oxygens (including phenoxy) is 5. The molecule has 1 aliphatic heterocycles. The molecule has 0 aliphatic carbocycles. The van der Waals surface area contributed by atoms with Gasteiger partial charge in [-0.2, -0.15) is 0 Å². The smallest absolute Gasteiger partial charge is 0.187 e. The second kappa shape index (κ2) is 14.2. The highest BCUT2D eigenvalue weighted by molar-refractivity contribution is 5.15. The lowest BCUT2D eigenvalue weighted by atomic mass is 9.97. The Morgan fingerprint density at radius 2 is 1.16 bits per heavy atom. The minimum Gasteiger partial charge on any atom is -0.394 e. The highest BCUT2D eigenvalue weighted by atomic mass is 16.7. The molecule has 0 amide bonds. The van der Waals surface area contributed by atoms with Crippen LogP contribution in [0.2, 0.25) is 0 Å². The molecule has 1 fully saturated rings. The van der Waals surface area contributed by atoms with Crippen molar-refractivity contribution < 1.29 is 28.8 Å². The van der Waals surface area contributed by atoms with Gasteiger partial charge in [0.15, 0.2) is 6.29 Å². The van der Waals surface area contributed by atoms with Crippen molar-refractivity contribution in [2.24, 2.45) is 0 Å². The number of hydrogen-bond acceptors (Lipinski definition) is 6. The Hall–Kier alpha value is -2.84. The van der Waals surface area contributed by atoms with Crippen LogP contribution in [-0.4, -0.2) is 48.5 Å². The summed E-state index contributed by atoms with van der Waals surface area (Å²) in [5.41, 5.74) is 3.06. The van der Waals surface area contributed by atoms with Gasteiger partial charge in [0.05, 0.1) is 32.5 Å². The molecular weight excluding hydrogens is 468 g/mol. The third-order valence-electron chi connectivity index (χ3n) is 6.31. The highest BCUT2D eigenvalue weighted by Gasteiger charge is 2.49. The number of aliphatic hydroxyl groups excluding tert-OH is 1. The van der Waals surface area contributed by atoms with E-state index in [4.69, 9.17) is 23.7 Å². The minimum absolute atomic E-state index is 0.252. The second-order valence-electron chi connectivity index (χ2n) is 9.09. The Labute approximate surface area is 219 Å². The van der Waals surface area contributed by atoms with Crippen LogP contribution in [0.15, 0.2) is 104 Å². The quantitative estimate of drug-likeness (QED) is 0.329. The molecule has 3 aromatic carbocycles. The number of benzene rings is 3. The van der Waals surface area contributed by atoms with E-state index < -0.39 is 30.7 Å². The molecule has 1 aliphatic rings. The van der Waals surface area contributed by atoms with E-state index in [1.54, 1.807) is 6.08 Å². The molecule has 3 aromatic rings. The van der Waals surface area contributed by atoms with E-state index in [-0.39, 0.29) is 12.7 Å². The fourth-order valence-electron chi connectivity index (χ4n) is 4.27. The molecule has 0 bridgehead atoms. The van der Waals surface area contributed by atoms with E-state index in [2.05, 4.69) is 6.58 Å². The van der Waals surface area contributed by atoms with E-state index in [0.29, 0.717) is 19.8 Å². The van der Waals surface area contributed by atoms with E-state index >= 15 is 0 Å². The van der Waals surface area contributed by atoms with Gasteiger partial charge in [-0.1, -0.05) is 97.1 Å². The molecule has 0 aromatic heterocycles. The Balaban J connectivity index is 1.61. The van der Waals surface area contributed by atoms with Crippen LogP contribution in [0.1, 0.15) is 23.6 Å². The first-order chi connectivity index (χ1) is 18.2. The highest BCUT2D eigenvalue weighted by Crippen LogP contribution is 2.31. The summed E-state index contributed by atoms with van der Waals surface area (Å²) in [5.74, 6) is 0. The third kappa shape index (κ3) is 7.82. The summed E-state index contributed by atoms with van der Waals surface area (Å²) in [5, 5.41) is 10.3. The fourth-order valence-corrected chi connectivity index (χ4v) is 4.27. The summed E-state index contributed by atoms with van der Waals surface area (Å²) in [6, 6.07) is 29.8. The van der Waals surface area contributed by atoms with Gasteiger partial charge >= 0.3 is 0 Å². The molecule has 6 atom stereocenters. The Morgan fingerprint density at radius 3 is 1.59 bits per heavy atom. The Kier molecular flexibility index (Phi) is 10.4. The van der Waals surface area contributed by atoms with Crippen molar-refractivity contribution in [3.8, 4) is 0 Å². The minimum atomic E-state index is -0.786. The van der Waals surface area contributed by atoms with E-state index in [0.717, 1.165) is 16.7 Å². The Bertz CT molecular complexity index is 1050. The molecule has 1 heterocycles. The standard InChI is InChI=1S/C31H36O6/c1-3-23(2)36-31-30(35-22-26-17-11-6-12-18-26)29(34-21-25-15-9-5-10-16-25)28(27(19-32)37-31)33-20-24-13-7-4-8-14-24/h3-18,23,27-32H,1,19-22H2,2H3/t23-,27+,28+,29-,30+,31+/m0/s1. The van der Waals surface area contributed by atoms with Crippen LogP contribution in [0.5, 0.6) is 0 Å². The van der Waals surface area contributed by atoms with Gasteiger partial charge < -0.3 is 28.8 Å². The van der Waals surface area contributed by atoms with Gasteiger partial charge in [-0.3, -0.25) is 0 Å².